The third kappa shape index (κ3) is 2.94. The van der Waals surface area contributed by atoms with Crippen LogP contribution < -0.4 is 11.3 Å². The number of nitrogens with one attached hydrogen (secondary N) is 1. The van der Waals surface area contributed by atoms with Gasteiger partial charge >= 0.3 is 0 Å². The Bertz CT molecular complexity index is 366. The second-order valence-corrected chi connectivity index (χ2v) is 4.82. The van der Waals surface area contributed by atoms with Crippen molar-refractivity contribution in [2.24, 2.45) is 11.8 Å². The fourth-order valence-electron chi connectivity index (χ4n) is 1.88. The summed E-state index contributed by atoms with van der Waals surface area (Å²) in [6.45, 7) is 0. The molecule has 0 amide bonds. The molecule has 1 unspecified atom stereocenters. The molecule has 1 fully saturated rings. The first kappa shape index (κ1) is 11.8. The van der Waals surface area contributed by atoms with Crippen molar-refractivity contribution in [1.82, 2.24) is 5.43 Å². The summed E-state index contributed by atoms with van der Waals surface area (Å²) < 4.78 is 13.0. The fraction of sp³-hybridized carbons (Fsp3) is 0.500. The van der Waals surface area contributed by atoms with Crippen molar-refractivity contribution in [1.29, 1.82) is 0 Å². The summed E-state index contributed by atoms with van der Waals surface area (Å²) in [7, 11) is 0. The summed E-state index contributed by atoms with van der Waals surface area (Å²) in [6, 6.07) is 4.84. The molecule has 0 aromatic heterocycles. The van der Waals surface area contributed by atoms with Crippen LogP contribution in [-0.2, 0) is 0 Å². The highest BCUT2D eigenvalue weighted by Gasteiger charge is 2.22. The third-order valence-electron chi connectivity index (χ3n) is 3.11. The number of rotatable bonds is 5. The normalized spacial score (nSPS) is 17.4. The molecule has 1 saturated carbocycles. The highest BCUT2D eigenvalue weighted by Crippen LogP contribution is 2.36. The predicted molar refractivity (Wildman–Crippen MR) is 63.4 cm³/mol. The topological polar surface area (TPSA) is 38.0 Å². The van der Waals surface area contributed by atoms with E-state index in [1.54, 1.807) is 12.1 Å². The van der Waals surface area contributed by atoms with E-state index in [4.69, 9.17) is 17.4 Å². The van der Waals surface area contributed by atoms with Gasteiger partial charge in [0.05, 0.1) is 5.02 Å². The average molecular weight is 243 g/mol. The Morgan fingerprint density at radius 1 is 1.50 bits per heavy atom. The van der Waals surface area contributed by atoms with Crippen LogP contribution in [0.15, 0.2) is 18.2 Å². The number of hydrogen-bond donors (Lipinski definition) is 2. The van der Waals surface area contributed by atoms with Gasteiger partial charge in [0.15, 0.2) is 0 Å². The molecule has 88 valence electrons. The van der Waals surface area contributed by atoms with Crippen LogP contribution in [0.25, 0.3) is 0 Å². The highest BCUT2D eigenvalue weighted by atomic mass is 35.5. The molecule has 0 radical (unpaired) electrons. The summed E-state index contributed by atoms with van der Waals surface area (Å²) in [6.07, 6.45) is 4.82. The maximum atomic E-state index is 13.0. The van der Waals surface area contributed by atoms with E-state index in [0.29, 0.717) is 0 Å². The Labute approximate surface area is 99.9 Å². The Morgan fingerprint density at radius 2 is 2.25 bits per heavy atom. The van der Waals surface area contributed by atoms with Crippen LogP contribution in [0.3, 0.4) is 0 Å². The lowest BCUT2D eigenvalue weighted by molar-refractivity contribution is 0.481. The standard InChI is InChI=1S/C12H16ClFN2/c13-10-7-9(4-5-11(10)14)12(16-15)6-3-8-1-2-8/h4-5,7-8,12,16H,1-3,6,15H2. The summed E-state index contributed by atoms with van der Waals surface area (Å²) in [5.74, 6) is 5.99. The van der Waals surface area contributed by atoms with Crippen molar-refractivity contribution < 1.29 is 4.39 Å². The van der Waals surface area contributed by atoms with Crippen LogP contribution in [-0.4, -0.2) is 0 Å². The van der Waals surface area contributed by atoms with Gasteiger partial charge in [-0.3, -0.25) is 11.3 Å². The quantitative estimate of drug-likeness (QED) is 0.615. The molecule has 4 heteroatoms. The maximum Gasteiger partial charge on any atom is 0.141 e. The molecule has 0 heterocycles. The minimum Gasteiger partial charge on any atom is -0.271 e. The first-order chi connectivity index (χ1) is 7.70. The SMILES string of the molecule is NNC(CCC1CC1)c1ccc(F)c(Cl)c1. The van der Waals surface area contributed by atoms with Crippen LogP contribution in [0, 0.1) is 11.7 Å². The van der Waals surface area contributed by atoms with Crippen LogP contribution in [0.2, 0.25) is 5.02 Å². The summed E-state index contributed by atoms with van der Waals surface area (Å²) in [5.41, 5.74) is 3.72. The molecule has 0 saturated heterocycles. The van der Waals surface area contributed by atoms with Gasteiger partial charge in [-0.1, -0.05) is 30.5 Å². The lowest BCUT2D eigenvalue weighted by Gasteiger charge is -2.16. The van der Waals surface area contributed by atoms with E-state index >= 15 is 0 Å². The van der Waals surface area contributed by atoms with Crippen molar-refractivity contribution >= 4 is 11.6 Å². The fourth-order valence-corrected chi connectivity index (χ4v) is 2.07. The Morgan fingerprint density at radius 3 is 2.81 bits per heavy atom. The molecule has 0 bridgehead atoms. The number of nitrogens with two attached hydrogens (primary N) is 1. The summed E-state index contributed by atoms with van der Waals surface area (Å²) in [4.78, 5) is 0. The zero-order valence-corrected chi connectivity index (χ0v) is 9.80. The van der Waals surface area contributed by atoms with Gasteiger partial charge in [-0.25, -0.2) is 4.39 Å². The lowest BCUT2D eigenvalue weighted by atomic mass is 10.0. The summed E-state index contributed by atoms with van der Waals surface area (Å²) >= 11 is 5.75. The molecule has 1 atom stereocenters. The lowest BCUT2D eigenvalue weighted by Crippen LogP contribution is -2.28. The van der Waals surface area contributed by atoms with Crippen molar-refractivity contribution in [2.45, 2.75) is 31.7 Å². The van der Waals surface area contributed by atoms with Crippen molar-refractivity contribution in [3.63, 3.8) is 0 Å². The third-order valence-corrected chi connectivity index (χ3v) is 3.40. The van der Waals surface area contributed by atoms with E-state index in [1.165, 1.54) is 25.3 Å². The second kappa shape index (κ2) is 5.13. The van der Waals surface area contributed by atoms with Crippen LogP contribution >= 0.6 is 11.6 Å². The van der Waals surface area contributed by atoms with Crippen LogP contribution in [0.1, 0.15) is 37.3 Å². The van der Waals surface area contributed by atoms with E-state index in [2.05, 4.69) is 5.43 Å². The predicted octanol–water partition coefficient (Wildman–Crippen LogP) is 3.17. The smallest absolute Gasteiger partial charge is 0.141 e. The molecule has 1 aliphatic carbocycles. The van der Waals surface area contributed by atoms with Crippen molar-refractivity contribution in [3.05, 3.63) is 34.6 Å². The largest absolute Gasteiger partial charge is 0.271 e. The molecule has 1 aromatic rings. The number of hydrogen-bond acceptors (Lipinski definition) is 2. The van der Waals surface area contributed by atoms with Gasteiger partial charge in [-0.2, -0.15) is 0 Å². The van der Waals surface area contributed by atoms with Gasteiger partial charge in [-0.05, 0) is 36.5 Å². The molecular weight excluding hydrogens is 227 g/mol. The molecule has 3 N–H and O–H groups in total. The van der Waals surface area contributed by atoms with Gasteiger partial charge in [-0.15, -0.1) is 0 Å². The second-order valence-electron chi connectivity index (χ2n) is 4.41. The Kier molecular flexibility index (Phi) is 3.79. The minimum atomic E-state index is -0.386. The van der Waals surface area contributed by atoms with Crippen molar-refractivity contribution in [2.75, 3.05) is 0 Å². The summed E-state index contributed by atoms with van der Waals surface area (Å²) in [5, 5.41) is 0.157. The van der Waals surface area contributed by atoms with E-state index < -0.39 is 0 Å². The number of benzene rings is 1. The van der Waals surface area contributed by atoms with Crippen LogP contribution in [0.5, 0.6) is 0 Å². The molecule has 1 aromatic carbocycles. The molecule has 0 aliphatic heterocycles. The maximum absolute atomic E-state index is 13.0. The van der Waals surface area contributed by atoms with Gasteiger partial charge in [0.2, 0.25) is 0 Å². The number of hydrazine groups is 1. The molecule has 2 rings (SSSR count). The molecular formula is C12H16ClFN2. The first-order valence-corrected chi connectivity index (χ1v) is 5.99. The molecule has 2 nitrogen and oxygen atoms in total. The van der Waals surface area contributed by atoms with E-state index in [1.807, 2.05) is 0 Å². The Hall–Kier alpha value is -0.640. The average Bonchev–Trinajstić information content (AvgIpc) is 3.08. The van der Waals surface area contributed by atoms with E-state index in [9.17, 15) is 4.39 Å². The van der Waals surface area contributed by atoms with E-state index in [-0.39, 0.29) is 16.9 Å². The molecule has 16 heavy (non-hydrogen) atoms. The first-order valence-electron chi connectivity index (χ1n) is 5.62. The van der Waals surface area contributed by atoms with Crippen molar-refractivity contribution in [3.8, 4) is 0 Å². The monoisotopic (exact) mass is 242 g/mol. The Balaban J connectivity index is 2.02. The minimum absolute atomic E-state index is 0.0682. The van der Waals surface area contributed by atoms with Gasteiger partial charge < -0.3 is 0 Å². The highest BCUT2D eigenvalue weighted by molar-refractivity contribution is 6.30. The van der Waals surface area contributed by atoms with Gasteiger partial charge in [0.1, 0.15) is 5.82 Å². The molecule has 0 spiro atoms. The van der Waals surface area contributed by atoms with Gasteiger partial charge in [0, 0.05) is 6.04 Å². The van der Waals surface area contributed by atoms with E-state index in [0.717, 1.165) is 17.9 Å². The van der Waals surface area contributed by atoms with Crippen LogP contribution in [0.4, 0.5) is 4.39 Å². The zero-order chi connectivity index (χ0) is 11.5. The molecule has 1 aliphatic rings. The zero-order valence-electron chi connectivity index (χ0n) is 9.05. The van der Waals surface area contributed by atoms with Gasteiger partial charge in [0.25, 0.3) is 0 Å². The number of halogens is 2.